The summed E-state index contributed by atoms with van der Waals surface area (Å²) in [5.41, 5.74) is 4.03. The van der Waals surface area contributed by atoms with Crippen LogP contribution in [0.25, 0.3) is 11.4 Å². The first-order valence-electron chi connectivity index (χ1n) is 10.9. The van der Waals surface area contributed by atoms with Gasteiger partial charge >= 0.3 is 6.09 Å². The summed E-state index contributed by atoms with van der Waals surface area (Å²) in [7, 11) is 1.37. The van der Waals surface area contributed by atoms with Gasteiger partial charge in [0.1, 0.15) is 0 Å². The lowest BCUT2D eigenvalue weighted by Gasteiger charge is -2.37. The molecule has 1 aromatic carbocycles. The smallest absolute Gasteiger partial charge is 0.409 e. The van der Waals surface area contributed by atoms with Crippen LogP contribution in [0.5, 0.6) is 0 Å². The maximum absolute atomic E-state index is 12.9. The number of carbonyl (C=O) groups is 2. The highest BCUT2D eigenvalue weighted by molar-refractivity contribution is 5.96. The van der Waals surface area contributed by atoms with E-state index in [9.17, 15) is 9.59 Å². The number of hydrogen-bond donors (Lipinski definition) is 0. The van der Waals surface area contributed by atoms with Crippen LogP contribution in [0.3, 0.4) is 0 Å². The molecule has 32 heavy (non-hydrogen) atoms. The second-order valence-electron chi connectivity index (χ2n) is 8.38. The molecule has 1 saturated heterocycles. The van der Waals surface area contributed by atoms with Gasteiger partial charge in [-0.05, 0) is 36.0 Å². The molecule has 1 amide bonds. The van der Waals surface area contributed by atoms with Crippen LogP contribution >= 0.6 is 0 Å². The lowest BCUT2D eigenvalue weighted by atomic mass is 9.93. The Hall–Kier alpha value is -3.49. The molecule has 0 saturated carbocycles. The monoisotopic (exact) mass is 435 g/mol. The van der Waals surface area contributed by atoms with Gasteiger partial charge in [-0.25, -0.2) is 4.79 Å². The second-order valence-corrected chi connectivity index (χ2v) is 8.38. The standard InChI is InChI=1S/C23H25N5O4/c1-3-21-25-22(26-32-21)16-6-7-19-14(8-16)4-5-15(19)9-20(29)17-10-24-28(11-17)18-12-27(13-18)23(30)31-2/h6-8,10-11,15,18H,3-5,9,12-13H2,1-2H3/t15-/m0/s1. The van der Waals surface area contributed by atoms with Crippen molar-refractivity contribution in [1.29, 1.82) is 0 Å². The average Bonchev–Trinajstić information content (AvgIpc) is 3.52. The van der Waals surface area contributed by atoms with Gasteiger partial charge < -0.3 is 14.2 Å². The van der Waals surface area contributed by atoms with Crippen molar-refractivity contribution < 1.29 is 18.8 Å². The number of nitrogens with zero attached hydrogens (tertiary/aromatic N) is 5. The van der Waals surface area contributed by atoms with Crippen LogP contribution in [0.15, 0.2) is 35.1 Å². The number of hydrogen-bond acceptors (Lipinski definition) is 7. The van der Waals surface area contributed by atoms with Crippen molar-refractivity contribution in [2.24, 2.45) is 0 Å². The topological polar surface area (TPSA) is 103 Å². The first kappa shape index (κ1) is 20.4. The Morgan fingerprint density at radius 1 is 1.28 bits per heavy atom. The third kappa shape index (κ3) is 3.68. The Labute approximate surface area is 185 Å². The Kier molecular flexibility index (Phi) is 5.24. The Morgan fingerprint density at radius 3 is 2.88 bits per heavy atom. The van der Waals surface area contributed by atoms with Gasteiger partial charge in [0.25, 0.3) is 0 Å². The number of aromatic nitrogens is 4. The van der Waals surface area contributed by atoms with Gasteiger partial charge in [-0.15, -0.1) is 0 Å². The predicted molar refractivity (Wildman–Crippen MR) is 114 cm³/mol. The summed E-state index contributed by atoms with van der Waals surface area (Å²) in [5.74, 6) is 1.53. The molecule has 166 valence electrons. The van der Waals surface area contributed by atoms with E-state index in [-0.39, 0.29) is 23.8 Å². The number of rotatable bonds is 6. The van der Waals surface area contributed by atoms with E-state index in [0.717, 1.165) is 18.4 Å². The van der Waals surface area contributed by atoms with Crippen LogP contribution in [-0.2, 0) is 17.6 Å². The molecule has 9 heteroatoms. The van der Waals surface area contributed by atoms with E-state index in [1.165, 1.54) is 18.2 Å². The molecule has 2 aromatic heterocycles. The number of aryl methyl sites for hydroxylation is 2. The summed E-state index contributed by atoms with van der Waals surface area (Å²) in [6.07, 6.45) is 6.14. The fourth-order valence-corrected chi connectivity index (χ4v) is 4.50. The molecule has 0 radical (unpaired) electrons. The average molecular weight is 435 g/mol. The van der Waals surface area contributed by atoms with Gasteiger partial charge in [-0.1, -0.05) is 24.2 Å². The molecule has 2 aliphatic rings. The fourth-order valence-electron chi connectivity index (χ4n) is 4.50. The third-order valence-electron chi connectivity index (χ3n) is 6.40. The Morgan fingerprint density at radius 2 is 2.12 bits per heavy atom. The molecule has 3 heterocycles. The van der Waals surface area contributed by atoms with Gasteiger partial charge in [0.2, 0.25) is 11.7 Å². The van der Waals surface area contributed by atoms with Crippen molar-refractivity contribution in [3.8, 4) is 11.4 Å². The highest BCUT2D eigenvalue weighted by atomic mass is 16.5. The van der Waals surface area contributed by atoms with E-state index in [0.29, 0.717) is 43.2 Å². The molecule has 1 atom stereocenters. The Bertz CT molecular complexity index is 1160. The van der Waals surface area contributed by atoms with Crippen molar-refractivity contribution in [3.05, 3.63) is 53.2 Å². The summed E-state index contributed by atoms with van der Waals surface area (Å²) in [6.45, 7) is 3.06. The Balaban J connectivity index is 1.23. The van der Waals surface area contributed by atoms with E-state index in [1.54, 1.807) is 22.0 Å². The SMILES string of the molecule is CCc1nc(-c2ccc3c(c2)CC[C@H]3CC(=O)c2cnn(C3CN(C(=O)OC)C3)c2)no1. The molecule has 0 bridgehead atoms. The number of fused-ring (bicyclic) bond motifs is 1. The normalized spacial score (nSPS) is 17.8. The molecule has 0 N–H and O–H groups in total. The summed E-state index contributed by atoms with van der Waals surface area (Å²) in [4.78, 5) is 30.4. The number of ether oxygens (including phenoxy) is 1. The van der Waals surface area contributed by atoms with Crippen molar-refractivity contribution in [2.45, 2.75) is 44.6 Å². The zero-order valence-corrected chi connectivity index (χ0v) is 18.2. The van der Waals surface area contributed by atoms with E-state index >= 15 is 0 Å². The van der Waals surface area contributed by atoms with Gasteiger partial charge in [0, 0.05) is 37.7 Å². The zero-order valence-electron chi connectivity index (χ0n) is 18.2. The highest BCUT2D eigenvalue weighted by Crippen LogP contribution is 2.38. The van der Waals surface area contributed by atoms with Crippen molar-refractivity contribution in [3.63, 3.8) is 0 Å². The van der Waals surface area contributed by atoms with E-state index in [1.807, 2.05) is 13.0 Å². The number of ketones is 1. The third-order valence-corrected chi connectivity index (χ3v) is 6.40. The fraction of sp³-hybridized carbons (Fsp3) is 0.435. The lowest BCUT2D eigenvalue weighted by molar-refractivity contribution is 0.0673. The first-order valence-corrected chi connectivity index (χ1v) is 10.9. The van der Waals surface area contributed by atoms with E-state index in [4.69, 9.17) is 9.26 Å². The maximum Gasteiger partial charge on any atom is 0.409 e. The minimum Gasteiger partial charge on any atom is -0.453 e. The van der Waals surface area contributed by atoms with Crippen LogP contribution in [0.1, 0.15) is 59.1 Å². The molecular weight excluding hydrogens is 410 g/mol. The van der Waals surface area contributed by atoms with Crippen molar-refractivity contribution in [1.82, 2.24) is 24.8 Å². The number of methoxy groups -OCH3 is 1. The molecule has 0 unspecified atom stereocenters. The highest BCUT2D eigenvalue weighted by Gasteiger charge is 2.33. The molecule has 9 nitrogen and oxygen atoms in total. The molecular formula is C23H25N5O4. The number of benzene rings is 1. The van der Waals surface area contributed by atoms with Crippen LogP contribution in [-0.4, -0.2) is 56.9 Å². The van der Waals surface area contributed by atoms with Gasteiger partial charge in [-0.2, -0.15) is 10.1 Å². The van der Waals surface area contributed by atoms with E-state index in [2.05, 4.69) is 27.4 Å². The van der Waals surface area contributed by atoms with E-state index < -0.39 is 0 Å². The quantitative estimate of drug-likeness (QED) is 0.547. The first-order chi connectivity index (χ1) is 15.6. The molecule has 1 aliphatic heterocycles. The summed E-state index contributed by atoms with van der Waals surface area (Å²) in [6, 6.07) is 6.30. The molecule has 3 aromatic rings. The molecule has 1 aliphatic carbocycles. The number of Topliss-reactive ketones (excluding diaryl/α,β-unsaturated/α-hetero) is 1. The predicted octanol–water partition coefficient (Wildman–Crippen LogP) is 3.42. The number of carbonyl (C=O) groups excluding carboxylic acids is 2. The number of amides is 1. The minimum absolute atomic E-state index is 0.0830. The van der Waals surface area contributed by atoms with Crippen LogP contribution in [0, 0.1) is 0 Å². The second kappa shape index (κ2) is 8.22. The zero-order chi connectivity index (χ0) is 22.2. The van der Waals surface area contributed by atoms with Gasteiger partial charge in [-0.3, -0.25) is 9.48 Å². The number of likely N-dealkylation sites (tertiary alicyclic amines) is 1. The van der Waals surface area contributed by atoms with Gasteiger partial charge in [0.15, 0.2) is 5.78 Å². The van der Waals surface area contributed by atoms with Gasteiger partial charge in [0.05, 0.1) is 24.9 Å². The summed E-state index contributed by atoms with van der Waals surface area (Å²) in [5, 5.41) is 8.41. The summed E-state index contributed by atoms with van der Waals surface area (Å²) >= 11 is 0. The van der Waals surface area contributed by atoms with Crippen LogP contribution in [0.2, 0.25) is 0 Å². The largest absolute Gasteiger partial charge is 0.453 e. The molecule has 5 rings (SSSR count). The lowest BCUT2D eigenvalue weighted by Crippen LogP contribution is -2.50. The minimum atomic E-state index is -0.335. The summed E-state index contributed by atoms with van der Waals surface area (Å²) < 4.78 is 11.7. The molecule has 1 fully saturated rings. The van der Waals surface area contributed by atoms with Crippen molar-refractivity contribution in [2.75, 3.05) is 20.2 Å². The maximum atomic E-state index is 12.9. The van der Waals surface area contributed by atoms with Crippen molar-refractivity contribution >= 4 is 11.9 Å². The van der Waals surface area contributed by atoms with Crippen LogP contribution < -0.4 is 0 Å². The molecule has 0 spiro atoms. The van der Waals surface area contributed by atoms with Crippen LogP contribution in [0.4, 0.5) is 4.79 Å².